The molecule has 5 heteroatoms. The second kappa shape index (κ2) is 2.69. The molecule has 1 aromatic rings. The summed E-state index contributed by atoms with van der Waals surface area (Å²) in [5, 5.41) is 10.3. The van der Waals surface area contributed by atoms with Crippen LogP contribution in [0.2, 0.25) is 0 Å². The van der Waals surface area contributed by atoms with Crippen molar-refractivity contribution in [2.24, 2.45) is 0 Å². The third kappa shape index (κ3) is 1.44. The first kappa shape index (κ1) is 7.97. The van der Waals surface area contributed by atoms with Crippen molar-refractivity contribution in [3.05, 3.63) is 34.1 Å². The van der Waals surface area contributed by atoms with Crippen molar-refractivity contribution in [1.82, 2.24) is 0 Å². The number of nitrogens with zero attached hydrogens (tertiary/aromatic N) is 2. The van der Waals surface area contributed by atoms with Gasteiger partial charge < -0.3 is 4.90 Å². The molecule has 1 aliphatic rings. The van der Waals surface area contributed by atoms with Crippen LogP contribution < -0.4 is 4.90 Å². The molecule has 0 N–H and O–H groups in total. The number of nitro benzene ring substituents is 1. The van der Waals surface area contributed by atoms with Gasteiger partial charge in [0.1, 0.15) is 0 Å². The zero-order valence-electron chi connectivity index (χ0n) is 6.74. The van der Waals surface area contributed by atoms with Crippen LogP contribution in [0.4, 0.5) is 15.8 Å². The summed E-state index contributed by atoms with van der Waals surface area (Å²) in [5.41, 5.74) is 0.244. The van der Waals surface area contributed by atoms with E-state index in [1.165, 1.54) is 12.1 Å². The maximum absolute atomic E-state index is 13.2. The molecular formula is C8H7FN2O2. The highest BCUT2D eigenvalue weighted by Gasteiger charge is 2.22. The molecule has 0 aromatic heterocycles. The molecule has 0 spiro atoms. The van der Waals surface area contributed by atoms with Gasteiger partial charge in [-0.1, -0.05) is 0 Å². The predicted octanol–water partition coefficient (Wildman–Crippen LogP) is 1.55. The number of benzene rings is 1. The van der Waals surface area contributed by atoms with E-state index < -0.39 is 10.7 Å². The summed E-state index contributed by atoms with van der Waals surface area (Å²) in [5.74, 6) is -0.522. The first-order chi connectivity index (χ1) is 6.18. The molecule has 4 nitrogen and oxygen atoms in total. The number of anilines is 1. The van der Waals surface area contributed by atoms with Crippen molar-refractivity contribution in [3.63, 3.8) is 0 Å². The fourth-order valence-electron chi connectivity index (χ4n) is 1.16. The summed E-state index contributed by atoms with van der Waals surface area (Å²) < 4.78 is 13.2. The third-order valence-electron chi connectivity index (χ3n) is 1.93. The van der Waals surface area contributed by atoms with Gasteiger partial charge >= 0.3 is 0 Å². The lowest BCUT2D eigenvalue weighted by atomic mass is 10.2. The molecule has 68 valence electrons. The first-order valence-corrected chi connectivity index (χ1v) is 3.87. The Hall–Kier alpha value is -1.65. The van der Waals surface area contributed by atoms with Crippen molar-refractivity contribution >= 4 is 11.4 Å². The number of non-ortho nitro benzene ring substituents is 1. The van der Waals surface area contributed by atoms with E-state index in [9.17, 15) is 14.5 Å². The van der Waals surface area contributed by atoms with Crippen LogP contribution in [0.5, 0.6) is 0 Å². The van der Waals surface area contributed by atoms with E-state index in [4.69, 9.17) is 0 Å². The van der Waals surface area contributed by atoms with E-state index in [2.05, 4.69) is 0 Å². The predicted molar refractivity (Wildman–Crippen MR) is 45.3 cm³/mol. The molecule has 0 aliphatic carbocycles. The van der Waals surface area contributed by atoms with Gasteiger partial charge in [0.25, 0.3) is 5.69 Å². The van der Waals surface area contributed by atoms with E-state index in [1.807, 2.05) is 0 Å². The Kier molecular flexibility index (Phi) is 1.65. The number of halogens is 1. The number of hydrogen-bond donors (Lipinski definition) is 0. The smallest absolute Gasteiger partial charge is 0.272 e. The van der Waals surface area contributed by atoms with E-state index in [0.717, 1.165) is 19.2 Å². The Morgan fingerprint density at radius 2 is 2.15 bits per heavy atom. The molecule has 2 rings (SSSR count). The third-order valence-corrected chi connectivity index (χ3v) is 1.93. The van der Waals surface area contributed by atoms with E-state index >= 15 is 0 Å². The van der Waals surface area contributed by atoms with E-state index in [0.29, 0.717) is 5.69 Å². The van der Waals surface area contributed by atoms with Gasteiger partial charge in [0.2, 0.25) is 0 Å². The average Bonchev–Trinajstić information content (AvgIpc) is 2.87. The summed E-state index contributed by atoms with van der Waals surface area (Å²) in [6, 6.07) is 3.71. The van der Waals surface area contributed by atoms with Crippen LogP contribution in [0.25, 0.3) is 0 Å². The molecule has 1 aromatic carbocycles. The Morgan fingerprint density at radius 1 is 1.46 bits per heavy atom. The summed E-state index contributed by atoms with van der Waals surface area (Å²) in [7, 11) is 0. The second-order valence-corrected chi connectivity index (χ2v) is 2.88. The van der Waals surface area contributed by atoms with Gasteiger partial charge in [0.05, 0.1) is 16.7 Å². The fourth-order valence-corrected chi connectivity index (χ4v) is 1.16. The zero-order valence-corrected chi connectivity index (χ0v) is 6.74. The number of rotatable bonds is 2. The molecule has 1 aliphatic heterocycles. The van der Waals surface area contributed by atoms with Gasteiger partial charge in [0.15, 0.2) is 5.82 Å². The van der Waals surface area contributed by atoms with Gasteiger partial charge in [-0.3, -0.25) is 10.1 Å². The summed E-state index contributed by atoms with van der Waals surface area (Å²) in [6.07, 6.45) is 0. The zero-order chi connectivity index (χ0) is 9.42. The minimum absolute atomic E-state index is 0.205. The van der Waals surface area contributed by atoms with Crippen molar-refractivity contribution in [2.75, 3.05) is 18.0 Å². The Labute approximate surface area is 73.7 Å². The first-order valence-electron chi connectivity index (χ1n) is 3.87. The van der Waals surface area contributed by atoms with Crippen molar-refractivity contribution in [2.45, 2.75) is 0 Å². The summed E-state index contributed by atoms with van der Waals surface area (Å²) in [6.45, 7) is 1.66. The molecule has 0 saturated carbocycles. The quantitative estimate of drug-likeness (QED) is 0.396. The normalized spacial score (nSPS) is 14.4. The molecule has 1 heterocycles. The maximum Gasteiger partial charge on any atom is 0.272 e. The molecule has 1 saturated heterocycles. The Morgan fingerprint density at radius 3 is 2.62 bits per heavy atom. The van der Waals surface area contributed by atoms with Crippen LogP contribution in [0.15, 0.2) is 18.2 Å². The standard InChI is InChI=1S/C8H7FN2O2/c9-7-5-6(11(12)13)1-2-8(7)10-3-4-10/h1-2,5H,3-4H2. The molecule has 1 fully saturated rings. The molecule has 0 bridgehead atoms. The van der Waals surface area contributed by atoms with Crippen LogP contribution in [0, 0.1) is 15.9 Å². The lowest BCUT2D eigenvalue weighted by Crippen LogP contribution is -1.96. The van der Waals surface area contributed by atoms with Crippen molar-refractivity contribution in [3.8, 4) is 0 Å². The Bertz CT molecular complexity index is 363. The molecule has 0 amide bonds. The fraction of sp³-hybridized carbons (Fsp3) is 0.250. The largest absolute Gasteiger partial charge is 0.366 e. The molecule has 0 radical (unpaired) electrons. The number of nitro groups is 1. The van der Waals surface area contributed by atoms with E-state index in [1.54, 1.807) is 4.90 Å². The molecule has 13 heavy (non-hydrogen) atoms. The highest BCUT2D eigenvalue weighted by molar-refractivity contribution is 5.55. The van der Waals surface area contributed by atoms with Crippen LogP contribution in [0.1, 0.15) is 0 Å². The molecular weight excluding hydrogens is 175 g/mol. The average molecular weight is 182 g/mol. The summed E-state index contributed by atoms with van der Waals surface area (Å²) in [4.78, 5) is 11.5. The van der Waals surface area contributed by atoms with Crippen LogP contribution in [0.3, 0.4) is 0 Å². The van der Waals surface area contributed by atoms with Crippen LogP contribution in [-0.4, -0.2) is 18.0 Å². The van der Waals surface area contributed by atoms with E-state index in [-0.39, 0.29) is 5.69 Å². The molecule has 0 unspecified atom stereocenters. The lowest BCUT2D eigenvalue weighted by molar-refractivity contribution is -0.385. The van der Waals surface area contributed by atoms with Crippen LogP contribution >= 0.6 is 0 Å². The van der Waals surface area contributed by atoms with Gasteiger partial charge in [-0.05, 0) is 6.07 Å². The SMILES string of the molecule is O=[N+]([O-])c1ccc(N2CC2)c(F)c1. The molecule has 0 atom stereocenters. The maximum atomic E-state index is 13.2. The highest BCUT2D eigenvalue weighted by atomic mass is 19.1. The van der Waals surface area contributed by atoms with Crippen LogP contribution in [-0.2, 0) is 0 Å². The Balaban J connectivity index is 2.36. The highest BCUT2D eigenvalue weighted by Crippen LogP contribution is 2.27. The number of hydrogen-bond acceptors (Lipinski definition) is 3. The van der Waals surface area contributed by atoms with Gasteiger partial charge in [-0.25, -0.2) is 4.39 Å². The van der Waals surface area contributed by atoms with Gasteiger partial charge in [0, 0.05) is 19.2 Å². The minimum Gasteiger partial charge on any atom is -0.366 e. The second-order valence-electron chi connectivity index (χ2n) is 2.88. The minimum atomic E-state index is -0.602. The van der Waals surface area contributed by atoms with Gasteiger partial charge in [-0.2, -0.15) is 0 Å². The van der Waals surface area contributed by atoms with Crippen molar-refractivity contribution in [1.29, 1.82) is 0 Å². The lowest BCUT2D eigenvalue weighted by Gasteiger charge is -2.02. The van der Waals surface area contributed by atoms with Gasteiger partial charge in [-0.15, -0.1) is 0 Å². The summed E-state index contributed by atoms with van der Waals surface area (Å²) >= 11 is 0. The van der Waals surface area contributed by atoms with Crippen molar-refractivity contribution < 1.29 is 9.31 Å². The topological polar surface area (TPSA) is 46.1 Å². The monoisotopic (exact) mass is 182 g/mol.